The zero-order valence-electron chi connectivity index (χ0n) is 16.9. The van der Waals surface area contributed by atoms with Crippen molar-refractivity contribution < 1.29 is 23.7 Å². The molecule has 4 bridgehead atoms. The van der Waals surface area contributed by atoms with E-state index in [0.717, 1.165) is 73.4 Å². The Labute approximate surface area is 167 Å². The number of rotatable bonds is 0. The van der Waals surface area contributed by atoms with Crippen molar-refractivity contribution in [3.63, 3.8) is 0 Å². The molecule has 0 aromatic heterocycles. The summed E-state index contributed by atoms with van der Waals surface area (Å²) in [7, 11) is 0. The van der Waals surface area contributed by atoms with Crippen molar-refractivity contribution in [3.8, 4) is 0 Å². The van der Waals surface area contributed by atoms with E-state index in [1.165, 1.54) is 19.3 Å². The molecule has 10 atom stereocenters. The fraction of sp³-hybridized carbons (Fsp3) is 1.00. The normalized spacial score (nSPS) is 60.0. The van der Waals surface area contributed by atoms with E-state index in [2.05, 4.69) is 0 Å². The van der Waals surface area contributed by atoms with Crippen LogP contribution >= 0.6 is 0 Å². The van der Waals surface area contributed by atoms with Crippen LogP contribution in [0.1, 0.15) is 32.1 Å². The zero-order valence-corrected chi connectivity index (χ0v) is 16.9. The Morgan fingerprint density at radius 3 is 1.39 bits per heavy atom. The molecule has 3 saturated heterocycles. The summed E-state index contributed by atoms with van der Waals surface area (Å²) in [5.41, 5.74) is 0.452. The highest BCUT2D eigenvalue weighted by molar-refractivity contribution is 5.43. The Morgan fingerprint density at radius 1 is 0.500 bits per heavy atom. The van der Waals surface area contributed by atoms with Crippen LogP contribution in [0.25, 0.3) is 0 Å². The standard InChI is InChI=1S/C23H34O5/c1-3-22-18-14-13-15-17-16(14)20(22)21(17)23(28-22,19(15)18)4-2-6-25-8-10-27-12-11-26-9-7-24-5-1/h14-21H,1-13H2/t14-,15+,16+,17-,18+,19-,20+,21-,22-,23+. The largest absolute Gasteiger partial charge is 0.379 e. The van der Waals surface area contributed by atoms with Crippen LogP contribution in [-0.2, 0) is 23.7 Å². The quantitative estimate of drug-likeness (QED) is 0.636. The SMILES string of the molecule is C1COCCOCCOCCOCCC[C@]23O[C@@]4(C1)[C@@H]1[C@H]5C[C@H]([C@H]6[C@@H]5[C@@H]4[C@H]62)[C@@H]13. The third-order valence-corrected chi connectivity index (χ3v) is 9.97. The second-order valence-electron chi connectivity index (χ2n) is 10.5. The number of ether oxygens (including phenoxy) is 5. The van der Waals surface area contributed by atoms with E-state index in [-0.39, 0.29) is 11.2 Å². The lowest BCUT2D eigenvalue weighted by atomic mass is 9.53. The monoisotopic (exact) mass is 390 g/mol. The van der Waals surface area contributed by atoms with Crippen LogP contribution in [0.15, 0.2) is 0 Å². The molecule has 3 heterocycles. The third kappa shape index (κ3) is 1.92. The van der Waals surface area contributed by atoms with Gasteiger partial charge in [0.2, 0.25) is 0 Å². The molecule has 8 rings (SSSR count). The predicted molar refractivity (Wildman–Crippen MR) is 101 cm³/mol. The Kier molecular flexibility index (Phi) is 3.85. The summed E-state index contributed by atoms with van der Waals surface area (Å²) < 4.78 is 30.2. The van der Waals surface area contributed by atoms with Gasteiger partial charge in [-0.1, -0.05) is 0 Å². The molecule has 3 aliphatic heterocycles. The van der Waals surface area contributed by atoms with Gasteiger partial charge in [0, 0.05) is 13.2 Å². The third-order valence-electron chi connectivity index (χ3n) is 9.97. The van der Waals surface area contributed by atoms with E-state index in [0.29, 0.717) is 39.6 Å². The van der Waals surface area contributed by atoms with E-state index in [9.17, 15) is 0 Å². The van der Waals surface area contributed by atoms with Gasteiger partial charge < -0.3 is 23.7 Å². The maximum atomic E-state index is 7.25. The maximum Gasteiger partial charge on any atom is 0.0760 e. The van der Waals surface area contributed by atoms with Crippen LogP contribution < -0.4 is 0 Å². The minimum atomic E-state index is 0.226. The van der Waals surface area contributed by atoms with Crippen molar-refractivity contribution in [2.24, 2.45) is 47.3 Å². The Morgan fingerprint density at radius 2 is 0.929 bits per heavy atom. The average molecular weight is 391 g/mol. The van der Waals surface area contributed by atoms with E-state index < -0.39 is 0 Å². The molecule has 5 nitrogen and oxygen atoms in total. The highest BCUT2D eigenvalue weighted by Crippen LogP contribution is 2.94. The number of hydrogen-bond donors (Lipinski definition) is 0. The first-order valence-electron chi connectivity index (χ1n) is 11.9. The van der Waals surface area contributed by atoms with E-state index in [1.807, 2.05) is 0 Å². The van der Waals surface area contributed by atoms with Gasteiger partial charge >= 0.3 is 0 Å². The van der Waals surface area contributed by atoms with Crippen molar-refractivity contribution in [1.29, 1.82) is 0 Å². The first kappa shape index (κ1) is 17.5. The van der Waals surface area contributed by atoms with Gasteiger partial charge in [-0.3, -0.25) is 0 Å². The number of hydrogen-bond acceptors (Lipinski definition) is 5. The van der Waals surface area contributed by atoms with Gasteiger partial charge in [0.05, 0.1) is 50.8 Å². The first-order chi connectivity index (χ1) is 13.9. The van der Waals surface area contributed by atoms with Crippen LogP contribution in [0.3, 0.4) is 0 Å². The van der Waals surface area contributed by atoms with Gasteiger partial charge in [-0.05, 0) is 79.4 Å². The molecule has 0 aromatic rings. The zero-order chi connectivity index (χ0) is 18.3. The highest BCUT2D eigenvalue weighted by atomic mass is 16.6. The van der Waals surface area contributed by atoms with Gasteiger partial charge in [0.1, 0.15) is 0 Å². The predicted octanol–water partition coefficient (Wildman–Crippen LogP) is 2.52. The van der Waals surface area contributed by atoms with Gasteiger partial charge in [0.25, 0.3) is 0 Å². The Hall–Kier alpha value is -0.200. The average Bonchev–Trinajstić information content (AvgIpc) is 3.33. The van der Waals surface area contributed by atoms with Crippen LogP contribution in [0, 0.1) is 47.3 Å². The fourth-order valence-corrected chi connectivity index (χ4v) is 9.94. The first-order valence-corrected chi connectivity index (χ1v) is 11.9. The van der Waals surface area contributed by atoms with E-state index >= 15 is 0 Å². The molecule has 5 heteroatoms. The molecule has 0 unspecified atom stereocenters. The highest BCUT2D eigenvalue weighted by Gasteiger charge is 2.96. The molecule has 0 N–H and O–H groups in total. The Bertz CT molecular complexity index is 584. The van der Waals surface area contributed by atoms with Gasteiger partial charge in [-0.15, -0.1) is 0 Å². The molecule has 8 fully saturated rings. The summed E-state index contributed by atoms with van der Waals surface area (Å²) in [5.74, 6) is 7.61. The van der Waals surface area contributed by atoms with Crippen molar-refractivity contribution in [1.82, 2.24) is 0 Å². The van der Waals surface area contributed by atoms with Crippen LogP contribution in [0.4, 0.5) is 0 Å². The molecule has 156 valence electrons. The molecule has 0 aromatic carbocycles. The van der Waals surface area contributed by atoms with Crippen molar-refractivity contribution in [3.05, 3.63) is 0 Å². The van der Waals surface area contributed by atoms with Gasteiger partial charge in [-0.25, -0.2) is 0 Å². The second-order valence-corrected chi connectivity index (χ2v) is 10.5. The van der Waals surface area contributed by atoms with Crippen LogP contribution in [0.5, 0.6) is 0 Å². The molecule has 5 saturated carbocycles. The lowest BCUT2D eigenvalue weighted by Crippen LogP contribution is -2.51. The van der Waals surface area contributed by atoms with Gasteiger partial charge in [-0.2, -0.15) is 0 Å². The summed E-state index contributed by atoms with van der Waals surface area (Å²) in [6.07, 6.45) is 6.28. The van der Waals surface area contributed by atoms with Crippen molar-refractivity contribution >= 4 is 0 Å². The maximum absolute atomic E-state index is 7.25. The van der Waals surface area contributed by atoms with E-state index in [4.69, 9.17) is 23.7 Å². The van der Waals surface area contributed by atoms with Crippen molar-refractivity contribution in [2.75, 3.05) is 52.9 Å². The second kappa shape index (κ2) is 6.16. The summed E-state index contributed by atoms with van der Waals surface area (Å²) in [6, 6.07) is 0. The summed E-state index contributed by atoms with van der Waals surface area (Å²) in [6.45, 7) is 5.68. The molecule has 2 spiro atoms. The molecule has 0 amide bonds. The topological polar surface area (TPSA) is 46.2 Å². The smallest absolute Gasteiger partial charge is 0.0760 e. The minimum absolute atomic E-state index is 0.226. The van der Waals surface area contributed by atoms with Crippen molar-refractivity contribution in [2.45, 2.75) is 43.3 Å². The van der Waals surface area contributed by atoms with Crippen LogP contribution in [0.2, 0.25) is 0 Å². The van der Waals surface area contributed by atoms with Crippen LogP contribution in [-0.4, -0.2) is 64.1 Å². The molecule has 0 radical (unpaired) electrons. The lowest BCUT2D eigenvalue weighted by molar-refractivity contribution is -0.0854. The summed E-state index contributed by atoms with van der Waals surface area (Å²) in [4.78, 5) is 0. The minimum Gasteiger partial charge on any atom is -0.379 e. The molecule has 28 heavy (non-hydrogen) atoms. The lowest BCUT2D eigenvalue weighted by Gasteiger charge is -2.48. The summed E-state index contributed by atoms with van der Waals surface area (Å²) >= 11 is 0. The van der Waals surface area contributed by atoms with Gasteiger partial charge in [0.15, 0.2) is 0 Å². The Balaban J connectivity index is 1.09. The molecular weight excluding hydrogens is 356 g/mol. The molecule has 8 aliphatic rings. The fourth-order valence-electron chi connectivity index (χ4n) is 9.94. The molecule has 5 aliphatic carbocycles. The van der Waals surface area contributed by atoms with E-state index in [1.54, 1.807) is 0 Å². The summed E-state index contributed by atoms with van der Waals surface area (Å²) in [5, 5.41) is 0. The molecular formula is C23H34O5.